The topological polar surface area (TPSA) is 199 Å². The standard InChI is InChI=1S/C55H40F4N6O8/c1-60-51(68)45-44-41(17-40(65(70)71)42(46(44)59)30-3-2-4-31(13-30)49(66)63-54-18-26(19-54)20-54)72-48(45)36-11-10-35(57)14-33(36)25-61-52(69)43-38-16-32(24-62-53(38)73-47(43)28-5-8-34(56)9-6-28)29-7-12-39(58)37(15-29)50(67)64-55-21-27(22-55)23-55/h2-17,24,26-27H,18-23,25H2,1H3,(H,60,68)(H,61,69)(H,63,66)(H,64,67). The molecule has 6 saturated carbocycles. The second-order valence-electron chi connectivity index (χ2n) is 19.7. The minimum atomic E-state index is -1.19. The molecule has 6 fully saturated rings. The number of carbonyl (C=O) groups excluding carboxylic acids is 4. The van der Waals surface area contributed by atoms with Crippen molar-refractivity contribution in [2.45, 2.75) is 56.1 Å². The average molecular weight is 989 g/mol. The predicted octanol–water partition coefficient (Wildman–Crippen LogP) is 10.6. The van der Waals surface area contributed by atoms with Crippen molar-refractivity contribution in [3.63, 3.8) is 0 Å². The highest BCUT2D eigenvalue weighted by atomic mass is 19.1. The lowest BCUT2D eigenvalue weighted by atomic mass is 9.50. The summed E-state index contributed by atoms with van der Waals surface area (Å²) in [6.07, 6.45) is 6.60. The van der Waals surface area contributed by atoms with E-state index < -0.39 is 75.0 Å². The molecule has 0 radical (unpaired) electrons. The van der Waals surface area contributed by atoms with E-state index in [0.717, 1.165) is 56.7 Å². The number of pyridine rings is 1. The van der Waals surface area contributed by atoms with Gasteiger partial charge in [0.15, 0.2) is 0 Å². The van der Waals surface area contributed by atoms with Gasteiger partial charge in [-0.25, -0.2) is 22.5 Å². The number of nitro benzene ring substituents is 1. The number of amides is 4. The fourth-order valence-corrected chi connectivity index (χ4v) is 11.1. The third-order valence-corrected chi connectivity index (χ3v) is 15.0. The van der Waals surface area contributed by atoms with Crippen molar-refractivity contribution in [3.05, 3.63) is 164 Å². The third-order valence-electron chi connectivity index (χ3n) is 15.0. The summed E-state index contributed by atoms with van der Waals surface area (Å²) < 4.78 is 74.2. The normalized spacial score (nSPS) is 20.0. The molecule has 6 aliphatic carbocycles. The van der Waals surface area contributed by atoms with Crippen LogP contribution >= 0.6 is 0 Å². The van der Waals surface area contributed by atoms with Gasteiger partial charge in [0.1, 0.15) is 40.4 Å². The number of carbonyl (C=O) groups is 4. The zero-order chi connectivity index (χ0) is 50.7. The molecule has 0 unspecified atom stereocenters. The van der Waals surface area contributed by atoms with Crippen LogP contribution in [-0.4, -0.2) is 51.7 Å². The predicted molar refractivity (Wildman–Crippen MR) is 258 cm³/mol. The zero-order valence-corrected chi connectivity index (χ0v) is 38.6. The van der Waals surface area contributed by atoms with E-state index >= 15 is 13.2 Å². The SMILES string of the molecule is CNC(=O)c1c(-c2ccc(F)cc2CNC(=O)c2c(-c3ccc(F)cc3)oc3ncc(-c4ccc(F)c(C(=O)NC56CC(C5)C6)c4)cc23)oc2cc([N+](=O)[O-])c(-c3cccc(C(=O)NC45CC(C4)C5)c3)c(F)c12. The van der Waals surface area contributed by atoms with E-state index in [1.54, 1.807) is 6.07 Å². The molecule has 14 rings (SSSR count). The van der Waals surface area contributed by atoms with Gasteiger partial charge in [-0.1, -0.05) is 18.2 Å². The van der Waals surface area contributed by atoms with E-state index in [2.05, 4.69) is 26.3 Å². The molecule has 73 heavy (non-hydrogen) atoms. The molecule has 0 spiro atoms. The second-order valence-corrected chi connectivity index (χ2v) is 19.7. The van der Waals surface area contributed by atoms with Crippen molar-refractivity contribution in [1.29, 1.82) is 0 Å². The summed E-state index contributed by atoms with van der Waals surface area (Å²) in [6.45, 7) is -0.456. The molecule has 8 aromatic rings. The maximum atomic E-state index is 17.3. The molecule has 3 aromatic heterocycles. The molecular formula is C55H40F4N6O8. The molecule has 0 aliphatic heterocycles. The van der Waals surface area contributed by atoms with Crippen LogP contribution in [0.3, 0.4) is 0 Å². The van der Waals surface area contributed by atoms with Crippen molar-refractivity contribution in [1.82, 2.24) is 26.3 Å². The van der Waals surface area contributed by atoms with Gasteiger partial charge in [-0.2, -0.15) is 0 Å². The molecule has 0 atom stereocenters. The first-order chi connectivity index (χ1) is 35.1. The molecular weight excluding hydrogens is 949 g/mol. The fraction of sp³-hybridized carbons (Fsp3) is 0.218. The first kappa shape index (κ1) is 45.5. The molecule has 14 nitrogen and oxygen atoms in total. The second kappa shape index (κ2) is 16.7. The minimum Gasteiger partial charge on any atom is -0.455 e. The van der Waals surface area contributed by atoms with Crippen LogP contribution in [0.15, 0.2) is 112 Å². The van der Waals surface area contributed by atoms with Crippen LogP contribution in [0.4, 0.5) is 23.2 Å². The van der Waals surface area contributed by atoms with Crippen LogP contribution in [0.25, 0.3) is 67.0 Å². The molecule has 5 aromatic carbocycles. The van der Waals surface area contributed by atoms with Crippen molar-refractivity contribution < 1.29 is 50.5 Å². The summed E-state index contributed by atoms with van der Waals surface area (Å²) in [6, 6.07) is 20.9. The van der Waals surface area contributed by atoms with Gasteiger partial charge in [0.25, 0.3) is 29.3 Å². The summed E-state index contributed by atoms with van der Waals surface area (Å²) in [5.74, 6) is -4.99. The van der Waals surface area contributed by atoms with E-state index in [1.807, 2.05) is 0 Å². The highest BCUT2D eigenvalue weighted by molar-refractivity contribution is 6.14. The largest absolute Gasteiger partial charge is 0.455 e. The quantitative estimate of drug-likeness (QED) is 0.0493. The molecule has 4 N–H and O–H groups in total. The van der Waals surface area contributed by atoms with Crippen LogP contribution in [0, 0.1) is 45.2 Å². The first-order valence-corrected chi connectivity index (χ1v) is 23.5. The average Bonchev–Trinajstić information content (AvgIpc) is 3.91. The van der Waals surface area contributed by atoms with Gasteiger partial charge in [0.2, 0.25) is 5.71 Å². The van der Waals surface area contributed by atoms with Gasteiger partial charge < -0.3 is 30.1 Å². The lowest BCUT2D eigenvalue weighted by Gasteiger charge is -2.61. The van der Waals surface area contributed by atoms with E-state index in [4.69, 9.17) is 8.83 Å². The van der Waals surface area contributed by atoms with Gasteiger partial charge >= 0.3 is 0 Å². The Balaban J connectivity index is 0.910. The number of nitrogens with zero attached hydrogens (tertiary/aromatic N) is 2. The summed E-state index contributed by atoms with van der Waals surface area (Å²) in [5, 5.41) is 23.6. The molecule has 0 saturated heterocycles. The highest BCUT2D eigenvalue weighted by Crippen LogP contribution is 2.58. The molecule has 6 aliphatic rings. The van der Waals surface area contributed by atoms with Crippen molar-refractivity contribution in [2.24, 2.45) is 11.8 Å². The lowest BCUT2D eigenvalue weighted by Crippen LogP contribution is -2.68. The Morgan fingerprint density at radius 2 is 1.38 bits per heavy atom. The number of hydrogen-bond donors (Lipinski definition) is 4. The molecule has 18 heteroatoms. The third kappa shape index (κ3) is 7.58. The number of aromatic nitrogens is 1. The maximum Gasteiger partial charge on any atom is 0.283 e. The number of rotatable bonds is 13. The van der Waals surface area contributed by atoms with E-state index in [0.29, 0.717) is 28.5 Å². The van der Waals surface area contributed by atoms with Crippen LogP contribution in [0.1, 0.15) is 85.5 Å². The number of fused-ring (bicyclic) bond motifs is 2. The molecule has 4 amide bonds. The highest BCUT2D eigenvalue weighted by Gasteiger charge is 2.58. The Labute approximate surface area is 411 Å². The number of benzene rings is 5. The minimum absolute atomic E-state index is 0.00359. The molecule has 3 heterocycles. The van der Waals surface area contributed by atoms with Gasteiger partial charge in [-0.3, -0.25) is 29.3 Å². The van der Waals surface area contributed by atoms with Crippen LogP contribution in [-0.2, 0) is 6.54 Å². The Morgan fingerprint density at radius 1 is 0.699 bits per heavy atom. The summed E-state index contributed by atoms with van der Waals surface area (Å²) in [4.78, 5) is 71.4. The summed E-state index contributed by atoms with van der Waals surface area (Å²) in [7, 11) is 1.28. The van der Waals surface area contributed by atoms with Gasteiger partial charge in [0, 0.05) is 53.1 Å². The van der Waals surface area contributed by atoms with Gasteiger partial charge in [0.05, 0.1) is 44.0 Å². The van der Waals surface area contributed by atoms with E-state index in [-0.39, 0.29) is 78.2 Å². The number of nitro groups is 1. The Bertz CT molecular complexity index is 3700. The zero-order valence-electron chi connectivity index (χ0n) is 38.6. The summed E-state index contributed by atoms with van der Waals surface area (Å²) >= 11 is 0. The number of furan rings is 2. The van der Waals surface area contributed by atoms with Gasteiger partial charge in [-0.05, 0) is 140 Å². The molecule has 4 bridgehead atoms. The van der Waals surface area contributed by atoms with Gasteiger partial charge in [-0.15, -0.1) is 0 Å². The number of nitrogens with one attached hydrogen (secondary N) is 4. The first-order valence-electron chi connectivity index (χ1n) is 23.5. The fourth-order valence-electron chi connectivity index (χ4n) is 11.1. The molecule has 366 valence electrons. The van der Waals surface area contributed by atoms with Crippen LogP contribution < -0.4 is 21.3 Å². The van der Waals surface area contributed by atoms with Crippen molar-refractivity contribution in [2.75, 3.05) is 7.05 Å². The lowest BCUT2D eigenvalue weighted by molar-refractivity contribution is -0.384. The smallest absolute Gasteiger partial charge is 0.283 e. The van der Waals surface area contributed by atoms with Crippen molar-refractivity contribution >= 4 is 51.4 Å². The summed E-state index contributed by atoms with van der Waals surface area (Å²) in [5.41, 5.74) is -1.55. The van der Waals surface area contributed by atoms with E-state index in [1.165, 1.54) is 86.0 Å². The number of halogens is 4. The Kier molecular flexibility index (Phi) is 10.4. The monoisotopic (exact) mass is 988 g/mol. The van der Waals surface area contributed by atoms with Crippen LogP contribution in [0.5, 0.6) is 0 Å². The maximum absolute atomic E-state index is 17.3. The number of hydrogen-bond acceptors (Lipinski definition) is 9. The van der Waals surface area contributed by atoms with E-state index in [9.17, 15) is 33.7 Å². The van der Waals surface area contributed by atoms with Crippen molar-refractivity contribution in [3.8, 4) is 44.9 Å². The Morgan fingerprint density at radius 3 is 2.05 bits per heavy atom. The Hall–Kier alpha value is -8.67. The van der Waals surface area contributed by atoms with Crippen LogP contribution in [0.2, 0.25) is 0 Å².